The Morgan fingerprint density at radius 2 is 0.833 bits per heavy atom. The van der Waals surface area contributed by atoms with Crippen LogP contribution in [0.25, 0.3) is 0 Å². The van der Waals surface area contributed by atoms with E-state index in [1.165, 1.54) is 0 Å². The third kappa shape index (κ3) is 115. The third-order valence-electron chi connectivity index (χ3n) is 0. The lowest BCUT2D eigenvalue weighted by atomic mass is 10.0. The second-order valence-electron chi connectivity index (χ2n) is 3.00. The molecule has 0 aromatic carbocycles. The van der Waals surface area contributed by atoms with E-state index in [2.05, 4.69) is 27.7 Å². The Kier molecular flexibility index (Phi) is 4.72. The van der Waals surface area contributed by atoms with Crippen LogP contribution in [0.15, 0.2) is 0 Å². The van der Waals surface area contributed by atoms with Gasteiger partial charge in [-0.2, -0.15) is 0 Å². The minimum atomic E-state index is 0. The van der Waals surface area contributed by atoms with Crippen molar-refractivity contribution >= 4 is 23.1 Å². The van der Waals surface area contributed by atoms with Gasteiger partial charge in [-0.3, -0.25) is 0 Å². The summed E-state index contributed by atoms with van der Waals surface area (Å²) in [6, 6.07) is 0. The van der Waals surface area contributed by atoms with Gasteiger partial charge in [0.15, 0.2) is 0 Å². The maximum atomic E-state index is 2.19. The molecule has 0 N–H and O–H groups in total. The zero-order valence-corrected chi connectivity index (χ0v) is 4.50. The second kappa shape index (κ2) is 2.86. The summed E-state index contributed by atoms with van der Waals surface area (Å²) in [6.45, 7) is 8.75. The van der Waals surface area contributed by atoms with Crippen LogP contribution in [0.3, 0.4) is 0 Å². The van der Waals surface area contributed by atoms with E-state index in [1.807, 2.05) is 0 Å². The molecular weight excluding hydrogens is 84.4 g/mol. The van der Waals surface area contributed by atoms with Crippen molar-refractivity contribution in [3.63, 3.8) is 0 Å². The Labute approximate surface area is 56.5 Å². The molecule has 0 saturated heterocycles. The van der Waals surface area contributed by atoms with Gasteiger partial charge >= 0.3 is 23.1 Å². The highest BCUT2D eigenvalue weighted by Crippen LogP contribution is 2.07. The maximum absolute atomic E-state index is 2.19. The summed E-state index contributed by atoms with van der Waals surface area (Å²) in [6.07, 6.45) is 0. The van der Waals surface area contributed by atoms with Crippen LogP contribution in [0.4, 0.5) is 0 Å². The summed E-state index contributed by atoms with van der Waals surface area (Å²) >= 11 is 0. The van der Waals surface area contributed by atoms with E-state index in [0.29, 0.717) is 5.41 Å². The van der Waals surface area contributed by atoms with Crippen LogP contribution < -0.4 is 0 Å². The van der Waals surface area contributed by atoms with Gasteiger partial charge in [0.2, 0.25) is 0 Å². The molecule has 0 heterocycles. The summed E-state index contributed by atoms with van der Waals surface area (Å²) < 4.78 is 0. The normalized spacial score (nSPS) is 10.0. The Hall–Kier alpha value is 0.766. The van der Waals surface area contributed by atoms with E-state index in [9.17, 15) is 0 Å². The lowest BCUT2D eigenvalue weighted by Gasteiger charge is -2.05. The van der Waals surface area contributed by atoms with Gasteiger partial charge in [0.1, 0.15) is 0 Å². The van der Waals surface area contributed by atoms with Crippen molar-refractivity contribution in [2.75, 3.05) is 0 Å². The van der Waals surface area contributed by atoms with Crippen LogP contribution in [0.2, 0.25) is 0 Å². The molecule has 1 heteroatoms. The van der Waals surface area contributed by atoms with Crippen LogP contribution in [0, 0.1) is 5.41 Å². The molecule has 0 aromatic rings. The Morgan fingerprint density at radius 3 is 0.833 bits per heavy atom. The second-order valence-corrected chi connectivity index (χ2v) is 3.00. The van der Waals surface area contributed by atoms with Gasteiger partial charge in [-0.15, -0.1) is 0 Å². The van der Waals surface area contributed by atoms with E-state index in [0.717, 1.165) is 0 Å². The van der Waals surface area contributed by atoms with Gasteiger partial charge in [0.25, 0.3) is 0 Å². The van der Waals surface area contributed by atoms with Gasteiger partial charge in [-0.25, -0.2) is 0 Å². The Bertz CT molecular complexity index is 19.4. The summed E-state index contributed by atoms with van der Waals surface area (Å²) in [5.41, 5.74) is 0.500. The number of hydrogen-bond acceptors (Lipinski definition) is 0. The van der Waals surface area contributed by atoms with Crippen molar-refractivity contribution in [1.29, 1.82) is 0 Å². The molecule has 0 aliphatic rings. The minimum Gasteiger partial charge on any atom is -0.0604 e. The molecule has 0 aliphatic carbocycles. The van der Waals surface area contributed by atoms with Crippen molar-refractivity contribution in [2.24, 2.45) is 5.41 Å². The molecule has 0 bridgehead atoms. The first-order chi connectivity index (χ1) is 2.00. The first kappa shape index (κ1) is 9.90. The molecule has 6 heavy (non-hydrogen) atoms. The van der Waals surface area contributed by atoms with Crippen molar-refractivity contribution < 1.29 is 0 Å². The first-order valence-electron chi connectivity index (χ1n) is 2.00. The van der Waals surface area contributed by atoms with Crippen LogP contribution >= 0.6 is 0 Å². The molecule has 0 amide bonds. The van der Waals surface area contributed by atoms with Crippen LogP contribution in [0.1, 0.15) is 27.7 Å². The molecule has 36 valence electrons. The Balaban J connectivity index is 0. The summed E-state index contributed by atoms with van der Waals surface area (Å²) in [4.78, 5) is 0. The quantitative estimate of drug-likeness (QED) is 0.399. The standard InChI is InChI=1S/C5H12.Mg.2H/c1-5(2,3)4;;;/h1-4H3;;;. The monoisotopic (exact) mass is 98.1 g/mol. The molecule has 0 unspecified atom stereocenters. The van der Waals surface area contributed by atoms with Crippen LogP contribution in [-0.2, 0) is 0 Å². The van der Waals surface area contributed by atoms with Crippen molar-refractivity contribution in [3.05, 3.63) is 0 Å². The van der Waals surface area contributed by atoms with Gasteiger partial charge in [0.05, 0.1) is 0 Å². The predicted molar refractivity (Wildman–Crippen MR) is 33.7 cm³/mol. The molecule has 0 spiro atoms. The summed E-state index contributed by atoms with van der Waals surface area (Å²) in [5, 5.41) is 0. The fraction of sp³-hybridized carbons (Fsp3) is 1.00. The van der Waals surface area contributed by atoms with Crippen molar-refractivity contribution in [1.82, 2.24) is 0 Å². The lowest BCUT2D eigenvalue weighted by molar-refractivity contribution is 0.469. The molecule has 0 aliphatic heterocycles. The topological polar surface area (TPSA) is 0 Å². The number of rotatable bonds is 0. The molecule has 0 atom stereocenters. The molecule has 0 saturated carbocycles. The Morgan fingerprint density at radius 1 is 0.833 bits per heavy atom. The predicted octanol–water partition coefficient (Wildman–Crippen LogP) is 1.14. The van der Waals surface area contributed by atoms with E-state index in [4.69, 9.17) is 0 Å². The highest BCUT2D eigenvalue weighted by atomic mass is 24.3. The smallest absolute Gasteiger partial charge is 0.0604 e. The third-order valence-corrected chi connectivity index (χ3v) is 0. The fourth-order valence-corrected chi connectivity index (χ4v) is 0. The summed E-state index contributed by atoms with van der Waals surface area (Å²) in [5.74, 6) is 0. The highest BCUT2D eigenvalue weighted by molar-refractivity contribution is 5.75. The highest BCUT2D eigenvalue weighted by Gasteiger charge is 1.95. The van der Waals surface area contributed by atoms with E-state index < -0.39 is 0 Å². The fourth-order valence-electron chi connectivity index (χ4n) is 0. The van der Waals surface area contributed by atoms with Crippen molar-refractivity contribution in [3.8, 4) is 0 Å². The molecular formula is C5H14Mg. The molecule has 0 nitrogen and oxygen atoms in total. The average Bonchev–Trinajstić information content (AvgIpc) is 0.722. The molecule has 0 radical (unpaired) electrons. The maximum Gasteiger partial charge on any atom is 0.316 e. The number of hydrogen-bond donors (Lipinski definition) is 0. The summed E-state index contributed by atoms with van der Waals surface area (Å²) in [7, 11) is 0. The average molecular weight is 98.5 g/mol. The van der Waals surface area contributed by atoms with E-state index in [1.54, 1.807) is 0 Å². The van der Waals surface area contributed by atoms with Crippen LogP contribution in [0.5, 0.6) is 0 Å². The molecule has 0 rings (SSSR count). The largest absolute Gasteiger partial charge is 0.316 e. The van der Waals surface area contributed by atoms with E-state index >= 15 is 0 Å². The zero-order valence-electron chi connectivity index (χ0n) is 4.50. The lowest BCUT2D eigenvalue weighted by Crippen LogP contribution is -1.93. The molecule has 0 aromatic heterocycles. The van der Waals surface area contributed by atoms with Gasteiger partial charge in [-0.05, 0) is 5.41 Å². The van der Waals surface area contributed by atoms with Gasteiger partial charge in [0, 0.05) is 0 Å². The minimum absolute atomic E-state index is 0. The van der Waals surface area contributed by atoms with Gasteiger partial charge in [-0.1, -0.05) is 27.7 Å². The van der Waals surface area contributed by atoms with Crippen molar-refractivity contribution in [2.45, 2.75) is 27.7 Å². The van der Waals surface area contributed by atoms with Crippen LogP contribution in [-0.4, -0.2) is 23.1 Å². The zero-order chi connectivity index (χ0) is 4.50. The molecule has 0 fully saturated rings. The van der Waals surface area contributed by atoms with E-state index in [-0.39, 0.29) is 23.1 Å². The first-order valence-corrected chi connectivity index (χ1v) is 2.00. The SMILES string of the molecule is CC(C)(C)C.[MgH2]. The van der Waals surface area contributed by atoms with Gasteiger partial charge < -0.3 is 0 Å².